The van der Waals surface area contributed by atoms with Gasteiger partial charge in [-0.15, -0.1) is 0 Å². The Morgan fingerprint density at radius 3 is 1.96 bits per heavy atom. The molecule has 0 radical (unpaired) electrons. The van der Waals surface area contributed by atoms with Crippen LogP contribution in [0, 0.1) is 24.0 Å². The number of anilines is 2. The average molecular weight is 418 g/mol. The highest BCUT2D eigenvalue weighted by Crippen LogP contribution is 2.39. The lowest BCUT2D eigenvalue weighted by Gasteiger charge is -2.26. The topological polar surface area (TPSA) is 83.8 Å². The molecule has 2 aliphatic rings. The van der Waals surface area contributed by atoms with Gasteiger partial charge in [0, 0.05) is 23.5 Å². The van der Waals surface area contributed by atoms with Crippen molar-refractivity contribution in [3.05, 3.63) is 63.7 Å². The molecule has 0 aliphatic carbocycles. The molecule has 2 heterocycles. The minimum Gasteiger partial charge on any atom is -0.312 e. The van der Waals surface area contributed by atoms with E-state index in [-0.39, 0.29) is 29.3 Å². The highest BCUT2D eigenvalue weighted by atomic mass is 32.2. The van der Waals surface area contributed by atoms with Crippen LogP contribution in [0.1, 0.15) is 11.1 Å². The van der Waals surface area contributed by atoms with E-state index in [9.17, 15) is 18.5 Å². The number of hydrogen-bond acceptors (Lipinski definition) is 5. The van der Waals surface area contributed by atoms with Gasteiger partial charge in [0.05, 0.1) is 28.5 Å². The van der Waals surface area contributed by atoms with Crippen molar-refractivity contribution >= 4 is 44.2 Å². The zero-order valence-corrected chi connectivity index (χ0v) is 17.0. The molecule has 7 nitrogen and oxygen atoms in total. The first-order valence-corrected chi connectivity index (χ1v) is 11.0. The molecule has 2 unspecified atom stereocenters. The van der Waals surface area contributed by atoms with Crippen molar-refractivity contribution in [1.82, 2.24) is 0 Å². The van der Waals surface area contributed by atoms with Crippen molar-refractivity contribution < 1.29 is 13.3 Å². The number of hydrogen-bond donors (Lipinski definition) is 0. The first-order valence-electron chi connectivity index (χ1n) is 8.82. The number of nitro benzene ring substituents is 1. The van der Waals surface area contributed by atoms with Crippen LogP contribution in [0.3, 0.4) is 0 Å². The van der Waals surface area contributed by atoms with E-state index < -0.39 is 14.8 Å². The molecule has 2 fully saturated rings. The fraction of sp³-hybridized carbons (Fsp3) is 0.316. The number of non-ortho nitro benzene ring substituents is 1. The van der Waals surface area contributed by atoms with Gasteiger partial charge >= 0.3 is 0 Å². The molecule has 4 rings (SSSR count). The summed E-state index contributed by atoms with van der Waals surface area (Å²) in [5.41, 5.74) is 3.66. The van der Waals surface area contributed by atoms with Crippen LogP contribution >= 0.6 is 12.2 Å². The van der Waals surface area contributed by atoms with Gasteiger partial charge in [0.2, 0.25) is 0 Å². The molecular formula is C19H19N3O4S2. The van der Waals surface area contributed by atoms with Crippen LogP contribution in [0.4, 0.5) is 17.1 Å². The van der Waals surface area contributed by atoms with Crippen molar-refractivity contribution in [3.63, 3.8) is 0 Å². The zero-order chi connectivity index (χ0) is 20.2. The Balaban J connectivity index is 1.79. The third-order valence-electron chi connectivity index (χ3n) is 5.19. The first kappa shape index (κ1) is 18.8. The maximum atomic E-state index is 12.4. The highest BCUT2D eigenvalue weighted by Gasteiger charge is 2.52. The summed E-state index contributed by atoms with van der Waals surface area (Å²) >= 11 is 5.75. The van der Waals surface area contributed by atoms with E-state index in [1.165, 1.54) is 12.1 Å². The molecule has 2 atom stereocenters. The molecule has 146 valence electrons. The summed E-state index contributed by atoms with van der Waals surface area (Å²) in [4.78, 5) is 14.2. The molecule has 0 amide bonds. The van der Waals surface area contributed by atoms with Crippen LogP contribution in [0.2, 0.25) is 0 Å². The van der Waals surface area contributed by atoms with Crippen molar-refractivity contribution in [1.29, 1.82) is 0 Å². The van der Waals surface area contributed by atoms with Gasteiger partial charge in [-0.3, -0.25) is 10.1 Å². The van der Waals surface area contributed by atoms with Gasteiger partial charge in [0.1, 0.15) is 0 Å². The lowest BCUT2D eigenvalue weighted by atomic mass is 10.1. The van der Waals surface area contributed by atoms with Gasteiger partial charge < -0.3 is 9.80 Å². The Labute approximate surface area is 168 Å². The predicted octanol–water partition coefficient (Wildman–Crippen LogP) is 2.99. The van der Waals surface area contributed by atoms with Crippen LogP contribution in [-0.2, 0) is 9.84 Å². The van der Waals surface area contributed by atoms with Gasteiger partial charge in [0.25, 0.3) is 5.69 Å². The van der Waals surface area contributed by atoms with Crippen molar-refractivity contribution in [2.75, 3.05) is 21.3 Å². The van der Waals surface area contributed by atoms with Crippen LogP contribution in [0.15, 0.2) is 42.5 Å². The predicted molar refractivity (Wildman–Crippen MR) is 113 cm³/mol. The Morgan fingerprint density at radius 1 is 0.964 bits per heavy atom. The summed E-state index contributed by atoms with van der Waals surface area (Å²) in [6.07, 6.45) is 0. The minimum absolute atomic E-state index is 0.0100. The monoisotopic (exact) mass is 417 g/mol. The Morgan fingerprint density at radius 2 is 1.46 bits per heavy atom. The number of nitro groups is 1. The lowest BCUT2D eigenvalue weighted by Crippen LogP contribution is -2.37. The summed E-state index contributed by atoms with van der Waals surface area (Å²) < 4.78 is 24.8. The average Bonchev–Trinajstić information content (AvgIpc) is 3.02. The molecule has 28 heavy (non-hydrogen) atoms. The molecule has 0 aromatic heterocycles. The fourth-order valence-electron chi connectivity index (χ4n) is 4.13. The summed E-state index contributed by atoms with van der Waals surface area (Å²) in [5, 5.41) is 11.5. The number of sulfone groups is 1. The van der Waals surface area contributed by atoms with E-state index in [2.05, 4.69) is 6.07 Å². The summed E-state index contributed by atoms with van der Waals surface area (Å²) in [7, 11) is -3.20. The number of aryl methyl sites for hydroxylation is 2. The largest absolute Gasteiger partial charge is 0.312 e. The minimum atomic E-state index is -3.20. The first-order chi connectivity index (χ1) is 13.2. The van der Waals surface area contributed by atoms with Gasteiger partial charge in [0.15, 0.2) is 14.9 Å². The number of benzene rings is 2. The van der Waals surface area contributed by atoms with E-state index >= 15 is 0 Å². The maximum Gasteiger partial charge on any atom is 0.269 e. The molecule has 2 aliphatic heterocycles. The van der Waals surface area contributed by atoms with Crippen LogP contribution in [0.25, 0.3) is 0 Å². The van der Waals surface area contributed by atoms with Crippen LogP contribution < -0.4 is 9.80 Å². The third kappa shape index (κ3) is 3.14. The van der Waals surface area contributed by atoms with E-state index in [1.807, 2.05) is 35.8 Å². The van der Waals surface area contributed by atoms with E-state index in [0.29, 0.717) is 10.8 Å². The van der Waals surface area contributed by atoms with Crippen molar-refractivity contribution in [3.8, 4) is 0 Å². The van der Waals surface area contributed by atoms with Crippen molar-refractivity contribution in [2.24, 2.45) is 0 Å². The smallest absolute Gasteiger partial charge is 0.269 e. The maximum absolute atomic E-state index is 12.4. The van der Waals surface area contributed by atoms with Gasteiger partial charge in [-0.25, -0.2) is 8.42 Å². The molecule has 9 heteroatoms. The lowest BCUT2D eigenvalue weighted by molar-refractivity contribution is -0.384. The van der Waals surface area contributed by atoms with E-state index in [1.54, 1.807) is 12.1 Å². The third-order valence-corrected chi connectivity index (χ3v) is 7.28. The number of nitrogens with zero attached hydrogens (tertiary/aromatic N) is 3. The summed E-state index contributed by atoms with van der Waals surface area (Å²) in [6, 6.07) is 11.5. The molecule has 2 aromatic carbocycles. The normalized spacial score (nSPS) is 23.1. The number of fused-ring (bicyclic) bond motifs is 1. The summed E-state index contributed by atoms with van der Waals surface area (Å²) in [5.74, 6) is 0.0460. The molecule has 2 aromatic rings. The Hall–Kier alpha value is -2.52. The second kappa shape index (κ2) is 6.52. The molecule has 2 saturated heterocycles. The van der Waals surface area contributed by atoms with Gasteiger partial charge in [-0.1, -0.05) is 6.07 Å². The zero-order valence-electron chi connectivity index (χ0n) is 15.4. The fourth-order valence-corrected chi connectivity index (χ4v) is 6.53. The van der Waals surface area contributed by atoms with Crippen LogP contribution in [0.5, 0.6) is 0 Å². The molecule has 0 N–H and O–H groups in total. The SMILES string of the molecule is Cc1cc(C)cc(N2C(=S)N(c3ccc([N+](=O)[O-])cc3)C3CS(=O)(=O)CC32)c1. The van der Waals surface area contributed by atoms with Gasteiger partial charge in [-0.05, 0) is 61.5 Å². The summed E-state index contributed by atoms with van der Waals surface area (Å²) in [6.45, 7) is 3.99. The highest BCUT2D eigenvalue weighted by molar-refractivity contribution is 7.91. The van der Waals surface area contributed by atoms with E-state index in [4.69, 9.17) is 12.2 Å². The molecule has 0 saturated carbocycles. The molecular weight excluding hydrogens is 398 g/mol. The second-order valence-electron chi connectivity index (χ2n) is 7.35. The van der Waals surface area contributed by atoms with Crippen molar-refractivity contribution in [2.45, 2.75) is 25.9 Å². The standard InChI is InChI=1S/C19H19N3O4S2/c1-12-7-13(2)9-16(8-12)21-18-11-28(25,26)10-17(18)20(19(21)27)14-3-5-15(6-4-14)22(23)24/h3-9,17-18H,10-11H2,1-2H3. The van der Waals surface area contributed by atoms with E-state index in [0.717, 1.165) is 16.8 Å². The molecule has 0 spiro atoms. The molecule has 0 bridgehead atoms. The van der Waals surface area contributed by atoms with Gasteiger partial charge in [-0.2, -0.15) is 0 Å². The number of rotatable bonds is 3. The second-order valence-corrected chi connectivity index (χ2v) is 9.87. The quantitative estimate of drug-likeness (QED) is 0.431. The Bertz CT molecular complexity index is 1060. The van der Waals surface area contributed by atoms with Crippen LogP contribution in [-0.4, -0.2) is 42.0 Å². The number of thiocarbonyl (C=S) groups is 1. The Kier molecular flexibility index (Phi) is 4.39.